The van der Waals surface area contributed by atoms with Crippen molar-refractivity contribution in [2.45, 2.75) is 18.6 Å². The van der Waals surface area contributed by atoms with Crippen LogP contribution in [0.2, 0.25) is 0 Å². The maximum Gasteiger partial charge on any atom is 0.416 e. The molecule has 0 spiro atoms. The molecule has 2 heterocycles. The highest BCUT2D eigenvalue weighted by molar-refractivity contribution is 6.19. The second-order valence-corrected chi connectivity index (χ2v) is 7.28. The molecule has 1 aliphatic rings. The van der Waals surface area contributed by atoms with Crippen LogP contribution in [0.5, 0.6) is 0 Å². The molecule has 1 aliphatic heterocycles. The van der Waals surface area contributed by atoms with E-state index in [0.717, 1.165) is 12.1 Å². The van der Waals surface area contributed by atoms with Crippen molar-refractivity contribution >= 4 is 17.8 Å². The smallest absolute Gasteiger partial charge is 0.327 e. The van der Waals surface area contributed by atoms with E-state index in [1.165, 1.54) is 37.3 Å². The maximum atomic E-state index is 13.6. The normalized spacial score (nSPS) is 18.5. The van der Waals surface area contributed by atoms with Gasteiger partial charge in [0.05, 0.1) is 5.56 Å². The van der Waals surface area contributed by atoms with Gasteiger partial charge in [-0.3, -0.25) is 14.9 Å². The molecule has 4 amide bonds. The SMILES string of the molecule is Cc1nonc1C1(CN)C(=O)NC(=O)N1C(=O)c1ccccc1-c1ccc(C(F)(F)F)cc1. The van der Waals surface area contributed by atoms with Gasteiger partial charge in [-0.15, -0.1) is 0 Å². The second kappa shape index (κ2) is 7.81. The van der Waals surface area contributed by atoms with Crippen LogP contribution in [-0.4, -0.2) is 39.6 Å². The van der Waals surface area contributed by atoms with Gasteiger partial charge in [-0.05, 0) is 36.2 Å². The molecule has 0 bridgehead atoms. The Morgan fingerprint density at radius 1 is 1.12 bits per heavy atom. The number of nitrogens with two attached hydrogens (primary N) is 1. The molecule has 0 saturated carbocycles. The number of halogens is 3. The minimum absolute atomic E-state index is 0.0333. The predicted octanol–water partition coefficient (Wildman–Crippen LogP) is 2.61. The number of urea groups is 1. The molecule has 4 rings (SSSR count). The number of imide groups is 2. The van der Waals surface area contributed by atoms with Gasteiger partial charge >= 0.3 is 12.2 Å². The molecule has 1 unspecified atom stereocenters. The van der Waals surface area contributed by atoms with Gasteiger partial charge in [0.25, 0.3) is 11.8 Å². The van der Waals surface area contributed by atoms with E-state index in [1.807, 2.05) is 0 Å². The number of aryl methyl sites for hydroxylation is 1. The van der Waals surface area contributed by atoms with E-state index in [4.69, 9.17) is 5.73 Å². The third-order valence-electron chi connectivity index (χ3n) is 5.40. The van der Waals surface area contributed by atoms with Crippen LogP contribution in [-0.2, 0) is 16.5 Å². The molecule has 2 aromatic carbocycles. The number of rotatable bonds is 4. The fourth-order valence-electron chi connectivity index (χ4n) is 3.78. The lowest BCUT2D eigenvalue weighted by Crippen LogP contribution is -2.55. The van der Waals surface area contributed by atoms with Crippen LogP contribution in [0.1, 0.15) is 27.3 Å². The van der Waals surface area contributed by atoms with Crippen molar-refractivity contribution in [1.82, 2.24) is 20.5 Å². The number of alkyl halides is 3. The van der Waals surface area contributed by atoms with Crippen LogP contribution >= 0.6 is 0 Å². The third kappa shape index (κ3) is 3.44. The van der Waals surface area contributed by atoms with Crippen molar-refractivity contribution in [3.8, 4) is 11.1 Å². The summed E-state index contributed by atoms with van der Waals surface area (Å²) in [6.45, 7) is 0.964. The van der Waals surface area contributed by atoms with Gasteiger partial charge in [-0.2, -0.15) is 13.2 Å². The molecular weight excluding hydrogens is 443 g/mol. The molecule has 12 heteroatoms. The Balaban J connectivity index is 1.82. The van der Waals surface area contributed by atoms with Crippen molar-refractivity contribution in [2.24, 2.45) is 5.73 Å². The molecule has 3 aromatic rings. The molecule has 1 atom stereocenters. The quantitative estimate of drug-likeness (QED) is 0.574. The molecule has 9 nitrogen and oxygen atoms in total. The fourth-order valence-corrected chi connectivity index (χ4v) is 3.78. The topological polar surface area (TPSA) is 131 Å². The largest absolute Gasteiger partial charge is 0.416 e. The highest BCUT2D eigenvalue weighted by atomic mass is 19.4. The lowest BCUT2D eigenvalue weighted by molar-refractivity contribution is -0.137. The van der Waals surface area contributed by atoms with Crippen molar-refractivity contribution in [2.75, 3.05) is 6.54 Å². The van der Waals surface area contributed by atoms with Gasteiger partial charge in [0.2, 0.25) is 0 Å². The van der Waals surface area contributed by atoms with E-state index >= 15 is 0 Å². The van der Waals surface area contributed by atoms with Crippen molar-refractivity contribution in [3.63, 3.8) is 0 Å². The average molecular weight is 459 g/mol. The van der Waals surface area contributed by atoms with Crippen LogP contribution in [0, 0.1) is 6.92 Å². The molecule has 3 N–H and O–H groups in total. The number of aromatic nitrogens is 2. The molecule has 170 valence electrons. The first-order valence-corrected chi connectivity index (χ1v) is 9.57. The molecule has 33 heavy (non-hydrogen) atoms. The van der Waals surface area contributed by atoms with E-state index < -0.39 is 41.7 Å². The van der Waals surface area contributed by atoms with E-state index in [-0.39, 0.29) is 22.5 Å². The summed E-state index contributed by atoms with van der Waals surface area (Å²) in [6, 6.07) is 9.18. The summed E-state index contributed by atoms with van der Waals surface area (Å²) < 4.78 is 43.5. The number of hydrogen-bond acceptors (Lipinski definition) is 7. The Morgan fingerprint density at radius 2 is 1.79 bits per heavy atom. The number of hydrogen-bond donors (Lipinski definition) is 2. The van der Waals surface area contributed by atoms with Crippen molar-refractivity contribution < 1.29 is 32.2 Å². The van der Waals surface area contributed by atoms with Crippen molar-refractivity contribution in [3.05, 3.63) is 71.0 Å². The summed E-state index contributed by atoms with van der Waals surface area (Å²) in [7, 11) is 0. The molecule has 1 aromatic heterocycles. The summed E-state index contributed by atoms with van der Waals surface area (Å²) in [4.78, 5) is 39.7. The lowest BCUT2D eigenvalue weighted by Gasteiger charge is -2.31. The third-order valence-corrected chi connectivity index (χ3v) is 5.40. The van der Waals surface area contributed by atoms with Crippen LogP contribution in [0.25, 0.3) is 11.1 Å². The zero-order valence-electron chi connectivity index (χ0n) is 17.0. The Kier molecular flexibility index (Phi) is 5.24. The Labute approximate surface area is 184 Å². The number of nitrogens with zero attached hydrogens (tertiary/aromatic N) is 3. The minimum atomic E-state index is -4.52. The van der Waals surface area contributed by atoms with Gasteiger partial charge in [-0.1, -0.05) is 40.6 Å². The molecule has 0 aliphatic carbocycles. The summed E-state index contributed by atoms with van der Waals surface area (Å²) in [5.74, 6) is -1.78. The Hall–Kier alpha value is -4.06. The van der Waals surface area contributed by atoms with Crippen molar-refractivity contribution in [1.29, 1.82) is 0 Å². The summed E-state index contributed by atoms with van der Waals surface area (Å²) in [6.07, 6.45) is -4.52. The first-order valence-electron chi connectivity index (χ1n) is 9.57. The maximum absolute atomic E-state index is 13.6. The molecule has 0 radical (unpaired) electrons. The molecular formula is C21H16F3N5O4. The van der Waals surface area contributed by atoms with Gasteiger partial charge in [0, 0.05) is 12.1 Å². The van der Waals surface area contributed by atoms with Crippen LogP contribution in [0.3, 0.4) is 0 Å². The predicted molar refractivity (Wildman–Crippen MR) is 106 cm³/mol. The summed E-state index contributed by atoms with van der Waals surface area (Å²) in [5.41, 5.74) is 3.58. The summed E-state index contributed by atoms with van der Waals surface area (Å²) in [5, 5.41) is 9.37. The standard InChI is InChI=1S/C21H16F3N5O4/c1-11-16(28-33-27-11)20(10-25)18(31)26-19(32)29(20)17(30)15-5-3-2-4-14(15)12-6-8-13(9-7-12)21(22,23)24/h2-9H,10,25H2,1H3,(H,26,31,32). The zero-order valence-corrected chi connectivity index (χ0v) is 17.0. The number of carbonyl (C=O) groups is 3. The Morgan fingerprint density at radius 3 is 2.36 bits per heavy atom. The van der Waals surface area contributed by atoms with E-state index in [0.29, 0.717) is 10.5 Å². The van der Waals surface area contributed by atoms with E-state index in [2.05, 4.69) is 20.3 Å². The minimum Gasteiger partial charge on any atom is -0.327 e. The van der Waals surface area contributed by atoms with Gasteiger partial charge in [-0.25, -0.2) is 14.3 Å². The number of amides is 4. The first-order chi connectivity index (χ1) is 15.6. The highest BCUT2D eigenvalue weighted by Gasteiger charge is 2.59. The average Bonchev–Trinajstić information content (AvgIpc) is 3.32. The van der Waals surface area contributed by atoms with Crippen LogP contribution in [0.15, 0.2) is 53.2 Å². The Bertz CT molecular complexity index is 1260. The van der Waals surface area contributed by atoms with Gasteiger partial charge in [0.1, 0.15) is 11.4 Å². The fraction of sp³-hybridized carbons (Fsp3) is 0.190. The first kappa shape index (κ1) is 22.1. The lowest BCUT2D eigenvalue weighted by atomic mass is 9.90. The summed E-state index contributed by atoms with van der Waals surface area (Å²) >= 11 is 0. The zero-order chi connectivity index (χ0) is 24.0. The van der Waals surface area contributed by atoms with E-state index in [1.54, 1.807) is 6.07 Å². The number of benzene rings is 2. The second-order valence-electron chi connectivity index (χ2n) is 7.28. The highest BCUT2D eigenvalue weighted by Crippen LogP contribution is 2.37. The molecule has 1 fully saturated rings. The number of carbonyl (C=O) groups excluding carboxylic acids is 3. The van der Waals surface area contributed by atoms with Gasteiger partial charge < -0.3 is 5.73 Å². The van der Waals surface area contributed by atoms with Crippen LogP contribution < -0.4 is 11.1 Å². The number of nitrogens with one attached hydrogen (secondary N) is 1. The van der Waals surface area contributed by atoms with Crippen LogP contribution in [0.4, 0.5) is 18.0 Å². The van der Waals surface area contributed by atoms with E-state index in [9.17, 15) is 27.6 Å². The van der Waals surface area contributed by atoms with Gasteiger partial charge in [0.15, 0.2) is 5.54 Å². The molecule has 1 saturated heterocycles. The monoisotopic (exact) mass is 459 g/mol.